The summed E-state index contributed by atoms with van der Waals surface area (Å²) in [6.45, 7) is 1.11. The molecular weight excluding hydrogens is 1080 g/mol. The minimum Gasteiger partial charge on any atom is -0.341 e. The first-order valence-electron chi connectivity index (χ1n) is 29.4. The average Bonchev–Trinajstić information content (AvgIpc) is 1.94. The predicted molar refractivity (Wildman–Crippen MR) is 342 cm³/mol. The molecule has 12 heteroatoms. The number of aromatic nitrogens is 8. The largest absolute Gasteiger partial charge is 0.341 e. The van der Waals surface area contributed by atoms with Gasteiger partial charge in [0.2, 0.25) is 11.6 Å². The molecule has 8 aromatic heterocycles. The number of hydrogen-bond donors (Lipinski definition) is 0. The van der Waals surface area contributed by atoms with Crippen molar-refractivity contribution in [3.05, 3.63) is 290 Å². The molecular formula is C75H52N8O4. The standard InChI is InChI=1S/C75H52N8O4/c1-5-21-65-57(13-1)61-17-9-41-76-69(61)80(65)53-33-25-49(26-34-53)74(50-27-35-54(36-28-50)81-66-22-6-2-14-58(66)62-18-10-42-77-70(62)81)84-45-73(46-85-74)47-86-75(87-48-73,51-29-37-55(38-30-51)82-67-23-7-3-15-59(67)63-19-11-43-78-71(63)82)52-31-39-56(40-32-52)83-68-24-8-4-16-60(68)64-20-12-44-79-72(64)83/h1-44H,45-48H2. The highest BCUT2D eigenvalue weighted by molar-refractivity contribution is 6.10. The van der Waals surface area contributed by atoms with E-state index in [0.717, 1.165) is 133 Å². The number of pyridine rings is 4. The van der Waals surface area contributed by atoms with Crippen LogP contribution in [0.5, 0.6) is 0 Å². The van der Waals surface area contributed by atoms with Crippen LogP contribution in [-0.4, -0.2) is 64.6 Å². The summed E-state index contributed by atoms with van der Waals surface area (Å²) >= 11 is 0. The van der Waals surface area contributed by atoms with Crippen molar-refractivity contribution in [3.63, 3.8) is 0 Å². The molecule has 416 valence electrons. The molecule has 8 aromatic carbocycles. The van der Waals surface area contributed by atoms with Gasteiger partial charge in [-0.1, -0.05) is 121 Å². The third-order valence-electron chi connectivity index (χ3n) is 18.1. The van der Waals surface area contributed by atoms with E-state index in [1.54, 1.807) is 0 Å². The van der Waals surface area contributed by atoms with Gasteiger partial charge in [-0.05, 0) is 121 Å². The van der Waals surface area contributed by atoms with E-state index >= 15 is 0 Å². The first kappa shape index (κ1) is 49.8. The Morgan fingerprint density at radius 1 is 0.241 bits per heavy atom. The van der Waals surface area contributed by atoms with Crippen molar-refractivity contribution in [2.45, 2.75) is 11.6 Å². The van der Waals surface area contributed by atoms with Crippen LogP contribution in [0.4, 0.5) is 0 Å². The molecule has 0 bridgehead atoms. The number of nitrogens with zero attached hydrogens (tertiary/aromatic N) is 8. The summed E-state index contributed by atoms with van der Waals surface area (Å²) in [6, 6.07) is 84.4. The molecule has 87 heavy (non-hydrogen) atoms. The second kappa shape index (κ2) is 19.2. The van der Waals surface area contributed by atoms with E-state index in [1.807, 2.05) is 49.1 Å². The van der Waals surface area contributed by atoms with Gasteiger partial charge in [-0.2, -0.15) is 0 Å². The van der Waals surface area contributed by atoms with E-state index in [9.17, 15) is 0 Å². The highest BCUT2D eigenvalue weighted by Crippen LogP contribution is 2.49. The zero-order valence-electron chi connectivity index (χ0n) is 46.9. The molecule has 0 N–H and O–H groups in total. The maximum Gasteiger partial charge on any atom is 0.222 e. The van der Waals surface area contributed by atoms with E-state index in [1.165, 1.54) is 0 Å². The minimum atomic E-state index is -1.30. The maximum atomic E-state index is 7.37. The molecule has 2 saturated heterocycles. The molecule has 0 saturated carbocycles. The van der Waals surface area contributed by atoms with Crippen LogP contribution in [0, 0.1) is 5.41 Å². The number of benzene rings is 8. The molecule has 16 aromatic rings. The van der Waals surface area contributed by atoms with Gasteiger partial charge in [0.25, 0.3) is 0 Å². The highest BCUT2D eigenvalue weighted by atomic mass is 16.7. The number of rotatable bonds is 8. The Morgan fingerprint density at radius 3 is 0.701 bits per heavy atom. The van der Waals surface area contributed by atoms with Crippen LogP contribution in [0.3, 0.4) is 0 Å². The molecule has 10 heterocycles. The summed E-state index contributed by atoms with van der Waals surface area (Å²) in [7, 11) is 0. The van der Waals surface area contributed by atoms with E-state index in [4.69, 9.17) is 38.9 Å². The lowest BCUT2D eigenvalue weighted by Gasteiger charge is -2.51. The van der Waals surface area contributed by atoms with Crippen LogP contribution in [0.1, 0.15) is 22.3 Å². The van der Waals surface area contributed by atoms with Gasteiger partial charge < -0.3 is 18.9 Å². The fourth-order valence-corrected chi connectivity index (χ4v) is 13.9. The number of hydrogen-bond acceptors (Lipinski definition) is 8. The van der Waals surface area contributed by atoms with Crippen molar-refractivity contribution in [2.75, 3.05) is 26.4 Å². The second-order valence-corrected chi connectivity index (χ2v) is 23.0. The van der Waals surface area contributed by atoms with Crippen molar-refractivity contribution in [3.8, 4) is 22.7 Å². The maximum absolute atomic E-state index is 7.37. The van der Waals surface area contributed by atoms with E-state index in [0.29, 0.717) is 0 Å². The summed E-state index contributed by atoms with van der Waals surface area (Å²) in [4.78, 5) is 19.5. The summed E-state index contributed by atoms with van der Waals surface area (Å²) < 4.78 is 38.4. The van der Waals surface area contributed by atoms with Gasteiger partial charge in [0.05, 0.1) is 53.9 Å². The topological polar surface area (TPSA) is 108 Å². The fraction of sp³-hybridized carbons (Fsp3) is 0.0933. The van der Waals surface area contributed by atoms with E-state index in [-0.39, 0.29) is 26.4 Å². The van der Waals surface area contributed by atoms with Crippen LogP contribution in [0.25, 0.3) is 110 Å². The Balaban J connectivity index is 0.718. The molecule has 0 amide bonds. The third-order valence-corrected chi connectivity index (χ3v) is 18.1. The van der Waals surface area contributed by atoms with Crippen molar-refractivity contribution in [2.24, 2.45) is 5.41 Å². The molecule has 2 aliphatic heterocycles. The van der Waals surface area contributed by atoms with Crippen LogP contribution in [-0.2, 0) is 30.5 Å². The summed E-state index contributed by atoms with van der Waals surface area (Å²) in [5.74, 6) is -2.60. The van der Waals surface area contributed by atoms with Crippen LogP contribution >= 0.6 is 0 Å². The Labute approximate surface area is 498 Å². The van der Waals surface area contributed by atoms with Gasteiger partial charge in [-0.25, -0.2) is 19.9 Å². The molecule has 0 unspecified atom stereocenters. The summed E-state index contributed by atoms with van der Waals surface area (Å²) in [6.07, 6.45) is 7.41. The van der Waals surface area contributed by atoms with Crippen molar-refractivity contribution in [1.82, 2.24) is 38.2 Å². The van der Waals surface area contributed by atoms with Crippen LogP contribution in [0.2, 0.25) is 0 Å². The predicted octanol–water partition coefficient (Wildman–Crippen LogP) is 15.8. The zero-order chi connectivity index (χ0) is 57.3. The van der Waals surface area contributed by atoms with Gasteiger partial charge in [0, 0.05) is 113 Å². The fourth-order valence-electron chi connectivity index (χ4n) is 13.9. The summed E-state index contributed by atoms with van der Waals surface area (Å²) in [5.41, 5.74) is 14.5. The average molecular weight is 1130 g/mol. The highest BCUT2D eigenvalue weighted by Gasteiger charge is 2.53. The lowest BCUT2D eigenvalue weighted by molar-refractivity contribution is -0.357. The van der Waals surface area contributed by atoms with Gasteiger partial charge in [-0.3, -0.25) is 18.3 Å². The van der Waals surface area contributed by atoms with Gasteiger partial charge >= 0.3 is 0 Å². The third kappa shape index (κ3) is 7.46. The number of ether oxygens (including phenoxy) is 4. The lowest BCUT2D eigenvalue weighted by Crippen LogP contribution is -2.57. The lowest BCUT2D eigenvalue weighted by atomic mass is 9.85. The zero-order valence-corrected chi connectivity index (χ0v) is 46.9. The van der Waals surface area contributed by atoms with Crippen molar-refractivity contribution >= 4 is 87.7 Å². The molecule has 0 radical (unpaired) electrons. The smallest absolute Gasteiger partial charge is 0.222 e. The van der Waals surface area contributed by atoms with Gasteiger partial charge in [-0.15, -0.1) is 0 Å². The SMILES string of the molecule is c1ccc2c(c1)c1cccnc1n2-c1ccc(C2(c3ccc(-n4c5ccccc5c5cccnc54)cc3)OCC3(CO2)COC(c2ccc(-n4c5ccccc5c5cccnc54)cc2)(c2ccc(-n4c5ccccc5c5cccnc54)cc2)OC3)cc1. The molecule has 12 nitrogen and oxygen atoms in total. The van der Waals surface area contributed by atoms with Gasteiger partial charge in [0.15, 0.2) is 0 Å². The minimum absolute atomic E-state index is 0.277. The first-order chi connectivity index (χ1) is 43.0. The van der Waals surface area contributed by atoms with Crippen molar-refractivity contribution < 1.29 is 18.9 Å². The van der Waals surface area contributed by atoms with Gasteiger partial charge in [0.1, 0.15) is 22.6 Å². The number of para-hydroxylation sites is 4. The van der Waals surface area contributed by atoms with Crippen molar-refractivity contribution in [1.29, 1.82) is 0 Å². The molecule has 2 aliphatic rings. The number of fused-ring (bicyclic) bond motifs is 12. The Kier molecular flexibility index (Phi) is 11.0. The monoisotopic (exact) mass is 1130 g/mol. The van der Waals surface area contributed by atoms with Crippen LogP contribution in [0.15, 0.2) is 267 Å². The molecule has 2 fully saturated rings. The Hall–Kier alpha value is -10.6. The molecule has 0 aliphatic carbocycles. The molecule has 1 spiro atoms. The molecule has 18 rings (SSSR count). The molecule has 0 atom stereocenters. The Morgan fingerprint density at radius 2 is 0.460 bits per heavy atom. The first-order valence-corrected chi connectivity index (χ1v) is 29.4. The van der Waals surface area contributed by atoms with E-state index in [2.05, 4.69) is 237 Å². The Bertz CT molecular complexity index is 4490. The normalized spacial score (nSPS) is 15.7. The van der Waals surface area contributed by atoms with E-state index < -0.39 is 17.0 Å². The van der Waals surface area contributed by atoms with Crippen LogP contribution < -0.4 is 0 Å². The second-order valence-electron chi connectivity index (χ2n) is 23.0. The summed E-state index contributed by atoms with van der Waals surface area (Å²) in [5, 5.41) is 8.97. The quantitative estimate of drug-likeness (QED) is 0.148.